The highest BCUT2D eigenvalue weighted by atomic mass is 16.5. The Hall–Kier alpha value is -2.47. The van der Waals surface area contributed by atoms with Gasteiger partial charge in [0, 0.05) is 24.8 Å². The summed E-state index contributed by atoms with van der Waals surface area (Å²) in [6.07, 6.45) is 11.4. The molecule has 2 fully saturated rings. The average Bonchev–Trinajstić information content (AvgIpc) is 3.25. The summed E-state index contributed by atoms with van der Waals surface area (Å²) >= 11 is 0. The number of carbonyl (C=O) groups excluding carboxylic acids is 1. The minimum Gasteiger partial charge on any atom is -0.469 e. The van der Waals surface area contributed by atoms with Gasteiger partial charge in [0.25, 0.3) is 0 Å². The molecule has 5 heteroatoms. The smallest absolute Gasteiger partial charge is 0.305 e. The van der Waals surface area contributed by atoms with E-state index in [2.05, 4.69) is 65.6 Å². The molecule has 2 aromatic carbocycles. The van der Waals surface area contributed by atoms with Crippen molar-refractivity contribution in [3.63, 3.8) is 0 Å². The number of piperidine rings is 1. The van der Waals surface area contributed by atoms with Crippen LogP contribution in [0, 0.1) is 5.92 Å². The lowest BCUT2D eigenvalue weighted by Crippen LogP contribution is -2.47. The van der Waals surface area contributed by atoms with E-state index in [4.69, 9.17) is 9.47 Å². The van der Waals surface area contributed by atoms with Gasteiger partial charge in [-0.05, 0) is 61.9 Å². The first-order chi connectivity index (χ1) is 17.7. The van der Waals surface area contributed by atoms with Gasteiger partial charge in [-0.25, -0.2) is 0 Å². The number of nitrogens with zero attached hydrogens (tertiary/aromatic N) is 1. The molecule has 0 amide bonds. The quantitative estimate of drug-likeness (QED) is 0.320. The molecule has 0 aromatic heterocycles. The third-order valence-corrected chi connectivity index (χ3v) is 7.70. The van der Waals surface area contributed by atoms with E-state index in [1.807, 2.05) is 6.07 Å². The van der Waals surface area contributed by atoms with E-state index in [-0.39, 0.29) is 24.2 Å². The van der Waals surface area contributed by atoms with E-state index < -0.39 is 0 Å². The number of carbonyl (C=O) groups is 1. The number of ether oxygens (including phenoxy) is 2. The number of allylic oxidation sites excluding steroid dienone is 2. The van der Waals surface area contributed by atoms with Crippen LogP contribution in [0.2, 0.25) is 0 Å². The Kier molecular flexibility index (Phi) is 10.1. The molecule has 1 saturated heterocycles. The van der Waals surface area contributed by atoms with Crippen LogP contribution in [0.15, 0.2) is 66.7 Å². The van der Waals surface area contributed by atoms with E-state index in [0.717, 1.165) is 31.5 Å². The number of likely N-dealkylation sites (tertiary alicyclic amines) is 1. The lowest BCUT2D eigenvalue weighted by atomic mass is 9.92. The predicted molar refractivity (Wildman–Crippen MR) is 143 cm³/mol. The lowest BCUT2D eigenvalue weighted by molar-refractivity contribution is -0.140. The minimum absolute atomic E-state index is 0.0456. The summed E-state index contributed by atoms with van der Waals surface area (Å²) < 4.78 is 11.2. The summed E-state index contributed by atoms with van der Waals surface area (Å²) in [5.41, 5.74) is 3.58. The van der Waals surface area contributed by atoms with Crippen molar-refractivity contribution in [2.45, 2.75) is 76.2 Å². The Morgan fingerprint density at radius 1 is 0.972 bits per heavy atom. The molecule has 0 unspecified atom stereocenters. The molecule has 2 aromatic rings. The molecule has 2 aliphatic rings. The van der Waals surface area contributed by atoms with Crippen LogP contribution in [-0.4, -0.2) is 54.4 Å². The van der Waals surface area contributed by atoms with Gasteiger partial charge < -0.3 is 14.6 Å². The molecular formula is C31H41NO4. The van der Waals surface area contributed by atoms with Crippen molar-refractivity contribution in [2.75, 3.05) is 20.2 Å². The van der Waals surface area contributed by atoms with Crippen LogP contribution in [0.25, 0.3) is 11.1 Å². The Balaban J connectivity index is 1.36. The molecule has 1 saturated carbocycles. The van der Waals surface area contributed by atoms with Crippen LogP contribution in [0.1, 0.15) is 56.9 Å². The predicted octanol–water partition coefficient (Wildman–Crippen LogP) is 5.76. The second-order valence-electron chi connectivity index (χ2n) is 10.1. The van der Waals surface area contributed by atoms with Crippen molar-refractivity contribution < 1.29 is 19.4 Å². The standard InChI is InChI=1S/C31H41NO4/c1-35-30(34)15-9-3-2-8-14-27-29(22-28(33)31(27)32-20-10-5-11-21-32)36-23-24-16-18-26(19-17-24)25-12-6-4-7-13-25/h2-4,6-7,12-13,16-19,27-29,31,33H,5,8-11,14-15,20-23H2,1H3/t27-,28+,29-,31+/m0/s1. The zero-order chi connectivity index (χ0) is 25.2. The third kappa shape index (κ3) is 7.28. The number of esters is 1. The minimum atomic E-state index is -0.345. The maximum absolute atomic E-state index is 11.3. The average molecular weight is 492 g/mol. The van der Waals surface area contributed by atoms with Crippen molar-refractivity contribution in [3.8, 4) is 11.1 Å². The van der Waals surface area contributed by atoms with Gasteiger partial charge in [-0.2, -0.15) is 0 Å². The van der Waals surface area contributed by atoms with Crippen LogP contribution in [0.3, 0.4) is 0 Å². The fourth-order valence-electron chi connectivity index (χ4n) is 5.79. The van der Waals surface area contributed by atoms with Crippen LogP contribution in [-0.2, 0) is 20.9 Å². The number of methoxy groups -OCH3 is 1. The first-order valence-electron chi connectivity index (χ1n) is 13.6. The second kappa shape index (κ2) is 13.7. The summed E-state index contributed by atoms with van der Waals surface area (Å²) in [6, 6.07) is 19.2. The molecular weight excluding hydrogens is 450 g/mol. The fourth-order valence-corrected chi connectivity index (χ4v) is 5.79. The molecule has 1 aliphatic heterocycles. The molecule has 0 bridgehead atoms. The van der Waals surface area contributed by atoms with Gasteiger partial charge in [0.2, 0.25) is 0 Å². The molecule has 0 spiro atoms. The fraction of sp³-hybridized carbons (Fsp3) is 0.516. The summed E-state index contributed by atoms with van der Waals surface area (Å²) in [5, 5.41) is 11.1. The Morgan fingerprint density at radius 3 is 2.39 bits per heavy atom. The molecule has 1 N–H and O–H groups in total. The Bertz CT molecular complexity index is 952. The number of hydrogen-bond acceptors (Lipinski definition) is 5. The monoisotopic (exact) mass is 491 g/mol. The van der Waals surface area contributed by atoms with Gasteiger partial charge in [-0.15, -0.1) is 0 Å². The molecule has 5 nitrogen and oxygen atoms in total. The molecule has 1 heterocycles. The number of rotatable bonds is 11. The van der Waals surface area contributed by atoms with Crippen LogP contribution < -0.4 is 0 Å². The molecule has 0 radical (unpaired) electrons. The van der Waals surface area contributed by atoms with Crippen molar-refractivity contribution in [2.24, 2.45) is 5.92 Å². The van der Waals surface area contributed by atoms with Gasteiger partial charge in [-0.1, -0.05) is 73.2 Å². The number of aliphatic hydroxyl groups excluding tert-OH is 1. The Labute approximate surface area is 216 Å². The van der Waals surface area contributed by atoms with Gasteiger partial charge in [-0.3, -0.25) is 9.69 Å². The van der Waals surface area contributed by atoms with Crippen molar-refractivity contribution in [3.05, 3.63) is 72.3 Å². The zero-order valence-corrected chi connectivity index (χ0v) is 21.6. The van der Waals surface area contributed by atoms with E-state index in [9.17, 15) is 9.90 Å². The second-order valence-corrected chi connectivity index (χ2v) is 10.1. The van der Waals surface area contributed by atoms with Crippen LogP contribution in [0.5, 0.6) is 0 Å². The van der Waals surface area contributed by atoms with Crippen LogP contribution in [0.4, 0.5) is 0 Å². The first-order valence-corrected chi connectivity index (χ1v) is 13.6. The van der Waals surface area contributed by atoms with E-state index in [1.54, 1.807) is 0 Å². The number of benzene rings is 2. The maximum atomic E-state index is 11.3. The highest BCUT2D eigenvalue weighted by Crippen LogP contribution is 2.38. The van der Waals surface area contributed by atoms with Crippen molar-refractivity contribution in [1.82, 2.24) is 4.90 Å². The molecule has 194 valence electrons. The van der Waals surface area contributed by atoms with Gasteiger partial charge >= 0.3 is 5.97 Å². The normalized spacial score (nSPS) is 24.8. The molecule has 36 heavy (non-hydrogen) atoms. The largest absolute Gasteiger partial charge is 0.469 e. The first kappa shape index (κ1) is 26.6. The van der Waals surface area contributed by atoms with E-state index in [0.29, 0.717) is 31.8 Å². The van der Waals surface area contributed by atoms with Gasteiger partial charge in [0.1, 0.15) is 0 Å². The molecule has 1 aliphatic carbocycles. The summed E-state index contributed by atoms with van der Waals surface area (Å²) in [4.78, 5) is 13.8. The SMILES string of the molecule is COC(=O)CCC=CCC[C@@H]1[C@@H](N2CCCCC2)[C@H](O)C[C@@H]1OCc1ccc(-c2ccccc2)cc1. The Morgan fingerprint density at radius 2 is 1.67 bits per heavy atom. The molecule has 4 rings (SSSR count). The number of aliphatic hydroxyl groups is 1. The van der Waals surface area contributed by atoms with Crippen LogP contribution >= 0.6 is 0 Å². The summed E-state index contributed by atoms with van der Waals surface area (Å²) in [6.45, 7) is 2.70. The molecule has 4 atom stereocenters. The van der Waals surface area contributed by atoms with Gasteiger partial charge in [0.05, 0.1) is 25.9 Å². The highest BCUT2D eigenvalue weighted by Gasteiger charge is 2.45. The lowest BCUT2D eigenvalue weighted by Gasteiger charge is -2.38. The van der Waals surface area contributed by atoms with Gasteiger partial charge in [0.15, 0.2) is 0 Å². The van der Waals surface area contributed by atoms with Crippen molar-refractivity contribution in [1.29, 1.82) is 0 Å². The number of hydrogen-bond donors (Lipinski definition) is 1. The maximum Gasteiger partial charge on any atom is 0.305 e. The summed E-state index contributed by atoms with van der Waals surface area (Å²) in [7, 11) is 1.43. The third-order valence-electron chi connectivity index (χ3n) is 7.70. The highest BCUT2D eigenvalue weighted by molar-refractivity contribution is 5.69. The van der Waals surface area contributed by atoms with E-state index in [1.165, 1.54) is 37.5 Å². The topological polar surface area (TPSA) is 59.0 Å². The zero-order valence-electron chi connectivity index (χ0n) is 21.6. The van der Waals surface area contributed by atoms with Crippen molar-refractivity contribution >= 4 is 5.97 Å². The van der Waals surface area contributed by atoms with E-state index >= 15 is 0 Å². The summed E-state index contributed by atoms with van der Waals surface area (Å²) in [5.74, 6) is 0.126.